The first-order chi connectivity index (χ1) is 14.4. The summed E-state index contributed by atoms with van der Waals surface area (Å²) in [7, 11) is 0. The number of thiazole rings is 1. The minimum atomic E-state index is -0.0472. The van der Waals surface area contributed by atoms with Crippen LogP contribution in [0.5, 0.6) is 17.4 Å². The van der Waals surface area contributed by atoms with E-state index < -0.39 is 0 Å². The molecule has 0 unspecified atom stereocenters. The lowest BCUT2D eigenvalue weighted by molar-refractivity contribution is 0.0916. The van der Waals surface area contributed by atoms with Gasteiger partial charge >= 0.3 is 0 Å². The molecule has 2 aliphatic rings. The van der Waals surface area contributed by atoms with Crippen LogP contribution in [0.1, 0.15) is 41.3 Å². The van der Waals surface area contributed by atoms with Crippen molar-refractivity contribution in [1.82, 2.24) is 15.2 Å². The lowest BCUT2D eigenvalue weighted by Crippen LogP contribution is -2.28. The number of aromatic nitrogens is 3. The van der Waals surface area contributed by atoms with E-state index in [0.29, 0.717) is 31.2 Å². The SMILES string of the molecule is Cc1ccc(Oc2ccc3c(c2)N(c2nc4c(s2)C(=O)CC(C)(C)C4)CCO3)nn1. The van der Waals surface area contributed by atoms with Gasteiger partial charge in [0.25, 0.3) is 0 Å². The van der Waals surface area contributed by atoms with E-state index in [2.05, 4.69) is 28.9 Å². The van der Waals surface area contributed by atoms with E-state index in [-0.39, 0.29) is 11.2 Å². The average molecular weight is 423 g/mol. The number of rotatable bonds is 3. The molecule has 3 aromatic rings. The van der Waals surface area contributed by atoms with Gasteiger partial charge in [-0.15, -0.1) is 5.10 Å². The number of carbonyl (C=O) groups excluding carboxylic acids is 1. The van der Waals surface area contributed by atoms with Crippen molar-refractivity contribution in [2.75, 3.05) is 18.1 Å². The Kier molecular flexibility index (Phi) is 4.47. The van der Waals surface area contributed by atoms with E-state index in [1.807, 2.05) is 31.2 Å². The number of aryl methyl sites for hydroxylation is 1. The molecule has 30 heavy (non-hydrogen) atoms. The maximum absolute atomic E-state index is 12.6. The molecule has 0 saturated carbocycles. The fourth-order valence-electron chi connectivity index (χ4n) is 3.84. The maximum atomic E-state index is 12.6. The molecular formula is C22H22N4O3S. The summed E-state index contributed by atoms with van der Waals surface area (Å²) in [4.78, 5) is 20.4. The van der Waals surface area contributed by atoms with Gasteiger partial charge in [-0.2, -0.15) is 5.10 Å². The van der Waals surface area contributed by atoms with Crippen molar-refractivity contribution in [3.8, 4) is 17.4 Å². The number of nitrogens with zero attached hydrogens (tertiary/aromatic N) is 4. The molecule has 7 nitrogen and oxygen atoms in total. The molecule has 0 radical (unpaired) electrons. The summed E-state index contributed by atoms with van der Waals surface area (Å²) < 4.78 is 11.7. The third-order valence-corrected chi connectivity index (χ3v) is 6.41. The normalized spacial score (nSPS) is 17.2. The number of benzene rings is 1. The molecule has 0 atom stereocenters. The summed E-state index contributed by atoms with van der Waals surface area (Å²) in [6, 6.07) is 9.30. The number of ether oxygens (including phenoxy) is 2. The Morgan fingerprint density at radius 3 is 2.83 bits per heavy atom. The molecule has 5 rings (SSSR count). The monoisotopic (exact) mass is 422 g/mol. The van der Waals surface area contributed by atoms with Crippen LogP contribution in [0.2, 0.25) is 0 Å². The second-order valence-electron chi connectivity index (χ2n) is 8.46. The van der Waals surface area contributed by atoms with Crippen molar-refractivity contribution in [1.29, 1.82) is 0 Å². The number of ketones is 1. The molecular weight excluding hydrogens is 400 g/mol. The summed E-state index contributed by atoms with van der Waals surface area (Å²) >= 11 is 1.47. The van der Waals surface area contributed by atoms with Crippen LogP contribution >= 0.6 is 11.3 Å². The molecule has 0 amide bonds. The Morgan fingerprint density at radius 1 is 1.17 bits per heavy atom. The van der Waals surface area contributed by atoms with Gasteiger partial charge in [-0.25, -0.2) is 4.98 Å². The predicted octanol–water partition coefficient (Wildman–Crippen LogP) is 4.72. The number of Topliss-reactive ketones (excluding diaryl/α,β-unsaturated/α-hetero) is 1. The molecule has 1 aliphatic heterocycles. The minimum Gasteiger partial charge on any atom is -0.490 e. The summed E-state index contributed by atoms with van der Waals surface area (Å²) in [5.41, 5.74) is 2.56. The molecule has 0 spiro atoms. The van der Waals surface area contributed by atoms with Crippen molar-refractivity contribution in [2.45, 2.75) is 33.6 Å². The van der Waals surface area contributed by atoms with E-state index >= 15 is 0 Å². The first kappa shape index (κ1) is 19.0. The zero-order valence-electron chi connectivity index (χ0n) is 17.1. The van der Waals surface area contributed by atoms with Gasteiger partial charge < -0.3 is 14.4 Å². The largest absolute Gasteiger partial charge is 0.490 e. The minimum absolute atomic E-state index is 0.0472. The molecule has 154 valence electrons. The van der Waals surface area contributed by atoms with Gasteiger partial charge in [-0.3, -0.25) is 4.79 Å². The molecule has 0 fully saturated rings. The molecule has 1 aromatic carbocycles. The molecule has 3 heterocycles. The van der Waals surface area contributed by atoms with E-state index in [1.165, 1.54) is 11.3 Å². The van der Waals surface area contributed by atoms with Crippen LogP contribution < -0.4 is 14.4 Å². The van der Waals surface area contributed by atoms with Crippen molar-refractivity contribution < 1.29 is 14.3 Å². The van der Waals surface area contributed by atoms with Crippen LogP contribution in [0.4, 0.5) is 10.8 Å². The Balaban J connectivity index is 1.48. The quantitative estimate of drug-likeness (QED) is 0.604. The van der Waals surface area contributed by atoms with Gasteiger partial charge in [-0.05, 0) is 37.0 Å². The second kappa shape index (κ2) is 7.05. The van der Waals surface area contributed by atoms with Crippen molar-refractivity contribution in [2.24, 2.45) is 5.41 Å². The summed E-state index contributed by atoms with van der Waals surface area (Å²) in [5.74, 6) is 2.03. The lowest BCUT2D eigenvalue weighted by atomic mass is 9.78. The first-order valence-corrected chi connectivity index (χ1v) is 10.8. The zero-order valence-corrected chi connectivity index (χ0v) is 18.0. The van der Waals surface area contributed by atoms with Crippen LogP contribution in [0.25, 0.3) is 0 Å². The molecule has 0 N–H and O–H groups in total. The molecule has 0 saturated heterocycles. The zero-order chi connectivity index (χ0) is 20.9. The highest BCUT2D eigenvalue weighted by Crippen LogP contribution is 2.44. The number of anilines is 2. The van der Waals surface area contributed by atoms with E-state index in [4.69, 9.17) is 14.5 Å². The third-order valence-electron chi connectivity index (χ3n) is 5.24. The van der Waals surface area contributed by atoms with Crippen molar-refractivity contribution >= 4 is 27.9 Å². The Labute approximate surface area is 178 Å². The number of fused-ring (bicyclic) bond motifs is 2. The van der Waals surface area contributed by atoms with Crippen LogP contribution in [-0.2, 0) is 6.42 Å². The predicted molar refractivity (Wildman–Crippen MR) is 114 cm³/mol. The van der Waals surface area contributed by atoms with Gasteiger partial charge in [0.05, 0.1) is 28.5 Å². The molecule has 8 heteroatoms. The topological polar surface area (TPSA) is 77.4 Å². The fraction of sp³-hybridized carbons (Fsp3) is 0.364. The van der Waals surface area contributed by atoms with Gasteiger partial charge in [-0.1, -0.05) is 25.2 Å². The Bertz CT molecular complexity index is 1120. The average Bonchev–Trinajstić information content (AvgIpc) is 3.12. The van der Waals surface area contributed by atoms with E-state index in [0.717, 1.165) is 39.3 Å². The van der Waals surface area contributed by atoms with Crippen LogP contribution in [0.3, 0.4) is 0 Å². The van der Waals surface area contributed by atoms with Gasteiger partial charge in [0.2, 0.25) is 5.88 Å². The van der Waals surface area contributed by atoms with E-state index in [1.54, 1.807) is 6.07 Å². The molecule has 1 aliphatic carbocycles. The highest BCUT2D eigenvalue weighted by Gasteiger charge is 2.35. The lowest BCUT2D eigenvalue weighted by Gasteiger charge is -2.29. The van der Waals surface area contributed by atoms with Crippen LogP contribution in [0, 0.1) is 12.3 Å². The van der Waals surface area contributed by atoms with Gasteiger partial charge in [0, 0.05) is 18.6 Å². The van der Waals surface area contributed by atoms with Gasteiger partial charge in [0.15, 0.2) is 10.9 Å². The maximum Gasteiger partial charge on any atom is 0.238 e. The summed E-state index contributed by atoms with van der Waals surface area (Å²) in [6.07, 6.45) is 1.38. The Hall–Kier alpha value is -3.00. The number of carbonyl (C=O) groups is 1. The number of hydrogen-bond acceptors (Lipinski definition) is 8. The van der Waals surface area contributed by atoms with Crippen LogP contribution in [-0.4, -0.2) is 34.1 Å². The third kappa shape index (κ3) is 3.52. The highest BCUT2D eigenvalue weighted by molar-refractivity contribution is 7.17. The summed E-state index contributed by atoms with van der Waals surface area (Å²) in [6.45, 7) is 7.33. The highest BCUT2D eigenvalue weighted by atomic mass is 32.1. The first-order valence-electron chi connectivity index (χ1n) is 9.93. The van der Waals surface area contributed by atoms with Crippen molar-refractivity contribution in [3.05, 3.63) is 46.6 Å². The molecule has 2 aromatic heterocycles. The van der Waals surface area contributed by atoms with Crippen molar-refractivity contribution in [3.63, 3.8) is 0 Å². The smallest absolute Gasteiger partial charge is 0.238 e. The number of hydrogen-bond donors (Lipinski definition) is 0. The van der Waals surface area contributed by atoms with Gasteiger partial charge in [0.1, 0.15) is 18.1 Å². The van der Waals surface area contributed by atoms with Crippen LogP contribution in [0.15, 0.2) is 30.3 Å². The molecule has 0 bridgehead atoms. The fourth-order valence-corrected chi connectivity index (χ4v) is 4.90. The second-order valence-corrected chi connectivity index (χ2v) is 9.44. The standard InChI is InChI=1S/C22H22N4O3S/c1-13-4-7-19(25-24-13)29-14-5-6-18-16(10-14)26(8-9-28-18)21-23-15-11-22(2,3)12-17(27)20(15)30-21/h4-7,10H,8-9,11-12H2,1-3H3. The summed E-state index contributed by atoms with van der Waals surface area (Å²) in [5, 5.41) is 8.92. The van der Waals surface area contributed by atoms with E-state index in [9.17, 15) is 4.79 Å². The Morgan fingerprint density at radius 2 is 2.03 bits per heavy atom.